The highest BCUT2D eigenvalue weighted by Crippen LogP contribution is 2.42. The zero-order chi connectivity index (χ0) is 25.4. The van der Waals surface area contributed by atoms with Crippen molar-refractivity contribution in [2.75, 3.05) is 11.9 Å². The molecule has 1 amide bonds. The normalized spacial score (nSPS) is 12.6. The minimum Gasteiger partial charge on any atom is -0.469 e. The number of halogens is 3. The zero-order valence-electron chi connectivity index (χ0n) is 19.1. The third kappa shape index (κ3) is 4.15. The number of furan rings is 1. The molecule has 4 aromatic rings. The van der Waals surface area contributed by atoms with Gasteiger partial charge in [-0.25, -0.2) is 9.48 Å². The van der Waals surface area contributed by atoms with Crippen LogP contribution < -0.4 is 5.32 Å². The molecular weight excluding hydrogens is 475 g/mol. The van der Waals surface area contributed by atoms with E-state index in [4.69, 9.17) is 9.15 Å². The summed E-state index contributed by atoms with van der Waals surface area (Å²) in [4.78, 5) is 25.0. The van der Waals surface area contributed by atoms with E-state index in [1.165, 1.54) is 35.2 Å². The summed E-state index contributed by atoms with van der Waals surface area (Å²) < 4.78 is 52.9. The number of carbonyl (C=O) groups excluding carboxylic acids is 2. The van der Waals surface area contributed by atoms with Crippen LogP contribution >= 0.6 is 0 Å². The van der Waals surface area contributed by atoms with Gasteiger partial charge in [0.1, 0.15) is 5.76 Å². The smallest absolute Gasteiger partial charge is 0.435 e. The highest BCUT2D eigenvalue weighted by atomic mass is 19.4. The standard InChI is InChI=1S/C26H20F3N3O4/c1-2-35-25(34)17-5-3-4-6-20(17)30-24(33)15-7-9-16(10-8-15)32-22-18-13-14-36-21(18)12-11-19(22)23(31-32)26(27,28)29/h3-10,13-14H,2,11-12H2,1H3,(H,30,33). The molecule has 0 saturated heterocycles. The molecule has 0 radical (unpaired) electrons. The van der Waals surface area contributed by atoms with Crippen molar-refractivity contribution in [3.05, 3.63) is 89.0 Å². The van der Waals surface area contributed by atoms with Crippen LogP contribution in [-0.4, -0.2) is 28.3 Å². The largest absolute Gasteiger partial charge is 0.469 e. The lowest BCUT2D eigenvalue weighted by molar-refractivity contribution is -0.142. The number of aromatic nitrogens is 2. The number of benzene rings is 2. The van der Waals surface area contributed by atoms with E-state index in [2.05, 4.69) is 10.4 Å². The molecule has 0 bridgehead atoms. The minimum atomic E-state index is -4.61. The topological polar surface area (TPSA) is 86.4 Å². The lowest BCUT2D eigenvalue weighted by Crippen LogP contribution is -2.16. The molecule has 0 aliphatic heterocycles. The van der Waals surface area contributed by atoms with Crippen molar-refractivity contribution < 1.29 is 31.9 Å². The number of para-hydroxylation sites is 1. The maximum Gasteiger partial charge on any atom is 0.435 e. The molecule has 0 atom stereocenters. The van der Waals surface area contributed by atoms with Crippen molar-refractivity contribution >= 4 is 17.6 Å². The molecule has 0 fully saturated rings. The Morgan fingerprint density at radius 2 is 1.83 bits per heavy atom. The molecule has 1 aliphatic carbocycles. The van der Waals surface area contributed by atoms with Gasteiger partial charge in [0.05, 0.1) is 35.5 Å². The molecule has 5 rings (SSSR count). The highest BCUT2D eigenvalue weighted by molar-refractivity contribution is 6.08. The number of hydrogen-bond acceptors (Lipinski definition) is 5. The molecule has 0 unspecified atom stereocenters. The molecule has 0 spiro atoms. The number of ether oxygens (including phenoxy) is 1. The third-order valence-corrected chi connectivity index (χ3v) is 5.90. The van der Waals surface area contributed by atoms with Gasteiger partial charge in [-0.2, -0.15) is 18.3 Å². The van der Waals surface area contributed by atoms with Crippen LogP contribution in [0, 0.1) is 0 Å². The van der Waals surface area contributed by atoms with Gasteiger partial charge >= 0.3 is 12.1 Å². The first-order valence-corrected chi connectivity index (χ1v) is 11.2. The fourth-order valence-corrected chi connectivity index (χ4v) is 4.29. The molecule has 1 N–H and O–H groups in total. The number of aryl methyl sites for hydroxylation is 1. The first-order chi connectivity index (χ1) is 17.3. The van der Waals surface area contributed by atoms with Gasteiger partial charge in [-0.1, -0.05) is 12.1 Å². The average molecular weight is 495 g/mol. The Bertz CT molecular complexity index is 1450. The molecule has 184 valence electrons. The van der Waals surface area contributed by atoms with E-state index in [1.54, 1.807) is 37.3 Å². The van der Waals surface area contributed by atoms with E-state index in [0.717, 1.165) is 0 Å². The van der Waals surface area contributed by atoms with E-state index >= 15 is 0 Å². The Balaban J connectivity index is 1.46. The Labute approximate surface area is 203 Å². The van der Waals surface area contributed by atoms with Gasteiger partial charge in [0.2, 0.25) is 0 Å². The Morgan fingerprint density at radius 3 is 2.56 bits per heavy atom. The van der Waals surface area contributed by atoms with E-state index in [0.29, 0.717) is 29.1 Å². The van der Waals surface area contributed by atoms with Crippen molar-refractivity contribution in [1.82, 2.24) is 9.78 Å². The summed E-state index contributed by atoms with van der Waals surface area (Å²) in [5.74, 6) is -0.450. The van der Waals surface area contributed by atoms with Crippen LogP contribution in [0.1, 0.15) is 44.7 Å². The number of amides is 1. The Kier molecular flexibility index (Phi) is 5.87. The second-order valence-corrected chi connectivity index (χ2v) is 8.11. The zero-order valence-corrected chi connectivity index (χ0v) is 19.1. The summed E-state index contributed by atoms with van der Waals surface area (Å²) >= 11 is 0. The van der Waals surface area contributed by atoms with Gasteiger partial charge < -0.3 is 14.5 Å². The van der Waals surface area contributed by atoms with Crippen LogP contribution in [0.5, 0.6) is 0 Å². The summed E-state index contributed by atoms with van der Waals surface area (Å²) in [6, 6.07) is 14.1. The summed E-state index contributed by atoms with van der Waals surface area (Å²) in [6.07, 6.45) is -2.64. The first-order valence-electron chi connectivity index (χ1n) is 11.2. The fraction of sp³-hybridized carbons (Fsp3) is 0.192. The molecule has 36 heavy (non-hydrogen) atoms. The first kappa shape index (κ1) is 23.4. The van der Waals surface area contributed by atoms with Gasteiger partial charge in [0, 0.05) is 23.1 Å². The Morgan fingerprint density at radius 1 is 1.08 bits per heavy atom. The van der Waals surface area contributed by atoms with Crippen molar-refractivity contribution in [2.24, 2.45) is 0 Å². The quantitative estimate of drug-likeness (QED) is 0.360. The van der Waals surface area contributed by atoms with Gasteiger partial charge in [-0.05, 0) is 55.8 Å². The summed E-state index contributed by atoms with van der Waals surface area (Å²) in [5.41, 5.74) is 1.19. The second kappa shape index (κ2) is 9.03. The van der Waals surface area contributed by atoms with E-state index < -0.39 is 23.7 Å². The number of fused-ring (bicyclic) bond motifs is 3. The monoisotopic (exact) mass is 495 g/mol. The lowest BCUT2D eigenvalue weighted by Gasteiger charge is -2.15. The van der Waals surface area contributed by atoms with Crippen LogP contribution in [0.25, 0.3) is 16.9 Å². The highest BCUT2D eigenvalue weighted by Gasteiger charge is 2.41. The van der Waals surface area contributed by atoms with Crippen molar-refractivity contribution in [2.45, 2.75) is 25.9 Å². The number of hydrogen-bond donors (Lipinski definition) is 1. The maximum atomic E-state index is 13.7. The SMILES string of the molecule is CCOC(=O)c1ccccc1NC(=O)c1ccc(-n2nc(C(F)(F)F)c3c2-c2ccoc2CC3)cc1. The van der Waals surface area contributed by atoms with Crippen LogP contribution in [0.15, 0.2) is 65.3 Å². The number of nitrogens with zero attached hydrogens (tertiary/aromatic N) is 2. The number of alkyl halides is 3. The molecule has 2 aromatic carbocycles. The molecule has 2 heterocycles. The number of carbonyl (C=O) groups is 2. The number of anilines is 1. The molecule has 2 aromatic heterocycles. The van der Waals surface area contributed by atoms with E-state index in [-0.39, 0.29) is 35.4 Å². The van der Waals surface area contributed by atoms with Crippen molar-refractivity contribution in [3.63, 3.8) is 0 Å². The lowest BCUT2D eigenvalue weighted by atomic mass is 9.94. The summed E-state index contributed by atoms with van der Waals surface area (Å²) in [6.45, 7) is 1.87. The van der Waals surface area contributed by atoms with Gasteiger partial charge in [-0.3, -0.25) is 4.79 Å². The van der Waals surface area contributed by atoms with Gasteiger partial charge in [0.25, 0.3) is 5.91 Å². The summed E-state index contributed by atoms with van der Waals surface area (Å²) in [7, 11) is 0. The van der Waals surface area contributed by atoms with Gasteiger partial charge in [0.15, 0.2) is 5.69 Å². The minimum absolute atomic E-state index is 0.119. The third-order valence-electron chi connectivity index (χ3n) is 5.90. The predicted octanol–water partition coefficient (Wildman–Crippen LogP) is 5.68. The van der Waals surface area contributed by atoms with Gasteiger partial charge in [-0.15, -0.1) is 0 Å². The van der Waals surface area contributed by atoms with Crippen molar-refractivity contribution in [1.29, 1.82) is 0 Å². The van der Waals surface area contributed by atoms with Crippen LogP contribution in [0.2, 0.25) is 0 Å². The predicted molar refractivity (Wildman–Crippen MR) is 124 cm³/mol. The van der Waals surface area contributed by atoms with Crippen LogP contribution in [-0.2, 0) is 23.8 Å². The molecule has 0 saturated carbocycles. The average Bonchev–Trinajstić information content (AvgIpc) is 3.49. The number of rotatable bonds is 5. The van der Waals surface area contributed by atoms with E-state index in [1.807, 2.05) is 0 Å². The molecule has 10 heteroatoms. The van der Waals surface area contributed by atoms with Crippen LogP contribution in [0.4, 0.5) is 18.9 Å². The van der Waals surface area contributed by atoms with Crippen molar-refractivity contribution in [3.8, 4) is 16.9 Å². The summed E-state index contributed by atoms with van der Waals surface area (Å²) in [5, 5.41) is 6.59. The van der Waals surface area contributed by atoms with Crippen LogP contribution in [0.3, 0.4) is 0 Å². The maximum absolute atomic E-state index is 13.7. The Hall–Kier alpha value is -4.34. The molecule has 7 nitrogen and oxygen atoms in total. The molecule has 1 aliphatic rings. The number of nitrogens with one attached hydrogen (secondary N) is 1. The second-order valence-electron chi connectivity index (χ2n) is 8.11. The van der Waals surface area contributed by atoms with E-state index in [9.17, 15) is 22.8 Å². The number of esters is 1. The molecular formula is C26H20F3N3O4. The fourth-order valence-electron chi connectivity index (χ4n) is 4.29.